The predicted octanol–water partition coefficient (Wildman–Crippen LogP) is 4.83. The number of benzene rings is 2. The Balaban J connectivity index is 1.40. The zero-order valence-electron chi connectivity index (χ0n) is 15.2. The molecular weight excluding hydrogens is 417 g/mol. The van der Waals surface area contributed by atoms with Gasteiger partial charge in [0, 0.05) is 17.5 Å². The van der Waals surface area contributed by atoms with Crippen molar-refractivity contribution < 1.29 is 22.7 Å². The number of nitrogens with zero attached hydrogens (tertiary/aromatic N) is 3. The number of alkyl halides is 3. The summed E-state index contributed by atoms with van der Waals surface area (Å²) in [5.74, 6) is -0.706. The highest BCUT2D eigenvalue weighted by Crippen LogP contribution is 2.25. The van der Waals surface area contributed by atoms with E-state index in [-0.39, 0.29) is 11.4 Å². The number of hydrogen-bond acceptors (Lipinski definition) is 6. The molecule has 0 aliphatic heterocycles. The summed E-state index contributed by atoms with van der Waals surface area (Å²) in [6.45, 7) is 0. The van der Waals surface area contributed by atoms with E-state index in [1.54, 1.807) is 30.5 Å². The van der Waals surface area contributed by atoms with Gasteiger partial charge in [-0.15, -0.1) is 24.5 Å². The lowest BCUT2D eigenvalue weighted by Crippen LogP contribution is -2.17. The second kappa shape index (κ2) is 8.07. The SMILES string of the molecule is O=C(Nc1ncc(Cc2ccc(OC(F)(F)F)cc2)s1)c1cnc2ccccc2n1. The number of rotatable bonds is 5. The van der Waals surface area contributed by atoms with Gasteiger partial charge in [-0.2, -0.15) is 0 Å². The van der Waals surface area contributed by atoms with Crippen LogP contribution in [0.1, 0.15) is 20.9 Å². The lowest BCUT2D eigenvalue weighted by molar-refractivity contribution is -0.274. The van der Waals surface area contributed by atoms with Gasteiger partial charge >= 0.3 is 6.36 Å². The number of halogens is 3. The van der Waals surface area contributed by atoms with Crippen LogP contribution in [0.15, 0.2) is 60.9 Å². The van der Waals surface area contributed by atoms with Gasteiger partial charge in [-0.25, -0.2) is 9.97 Å². The van der Waals surface area contributed by atoms with E-state index >= 15 is 0 Å². The van der Waals surface area contributed by atoms with Gasteiger partial charge < -0.3 is 4.74 Å². The van der Waals surface area contributed by atoms with Gasteiger partial charge in [0.05, 0.1) is 17.2 Å². The summed E-state index contributed by atoms with van der Waals surface area (Å²) in [5.41, 5.74) is 2.26. The van der Waals surface area contributed by atoms with E-state index in [9.17, 15) is 18.0 Å². The summed E-state index contributed by atoms with van der Waals surface area (Å²) in [5, 5.41) is 3.08. The maximum Gasteiger partial charge on any atom is 0.573 e. The van der Waals surface area contributed by atoms with Gasteiger partial charge in [0.25, 0.3) is 5.91 Å². The van der Waals surface area contributed by atoms with Gasteiger partial charge in [0.15, 0.2) is 5.13 Å². The predicted molar refractivity (Wildman–Crippen MR) is 106 cm³/mol. The smallest absolute Gasteiger partial charge is 0.406 e. The number of para-hydroxylation sites is 2. The fourth-order valence-corrected chi connectivity index (χ4v) is 3.53. The van der Waals surface area contributed by atoms with Crippen LogP contribution in [0.4, 0.5) is 18.3 Å². The van der Waals surface area contributed by atoms with Crippen LogP contribution >= 0.6 is 11.3 Å². The lowest BCUT2D eigenvalue weighted by Gasteiger charge is -2.08. The minimum atomic E-state index is -4.72. The standard InChI is InChI=1S/C20H13F3N4O2S/c21-20(22,23)29-13-7-5-12(6-8-13)9-14-10-25-19(30-14)27-18(28)17-11-24-15-3-1-2-4-16(15)26-17/h1-8,10-11H,9H2,(H,25,27,28). The Morgan fingerprint density at radius 2 is 1.73 bits per heavy atom. The third-order valence-electron chi connectivity index (χ3n) is 3.99. The number of ether oxygens (including phenoxy) is 1. The van der Waals surface area contributed by atoms with Gasteiger partial charge in [0.1, 0.15) is 11.4 Å². The van der Waals surface area contributed by atoms with Gasteiger partial charge in [-0.1, -0.05) is 24.3 Å². The highest BCUT2D eigenvalue weighted by molar-refractivity contribution is 7.15. The average Bonchev–Trinajstić information content (AvgIpc) is 3.14. The zero-order chi connectivity index (χ0) is 21.1. The molecule has 2 aromatic carbocycles. The van der Waals surface area contributed by atoms with Gasteiger partial charge in [-0.3, -0.25) is 15.1 Å². The fourth-order valence-electron chi connectivity index (χ4n) is 2.68. The van der Waals surface area contributed by atoms with Crippen LogP contribution in [0, 0.1) is 0 Å². The molecule has 0 bridgehead atoms. The first-order valence-electron chi connectivity index (χ1n) is 8.68. The summed E-state index contributed by atoms with van der Waals surface area (Å²) in [4.78, 5) is 25.9. The largest absolute Gasteiger partial charge is 0.573 e. The monoisotopic (exact) mass is 430 g/mol. The maximum atomic E-state index is 12.4. The molecule has 1 N–H and O–H groups in total. The number of nitrogens with one attached hydrogen (secondary N) is 1. The lowest BCUT2D eigenvalue weighted by atomic mass is 10.1. The molecule has 0 fully saturated rings. The minimum Gasteiger partial charge on any atom is -0.406 e. The number of hydrogen-bond donors (Lipinski definition) is 1. The third-order valence-corrected chi connectivity index (χ3v) is 4.90. The van der Waals surface area contributed by atoms with E-state index in [1.807, 2.05) is 12.1 Å². The fraction of sp³-hybridized carbons (Fsp3) is 0.100. The van der Waals surface area contributed by atoms with Crippen LogP contribution in [0.25, 0.3) is 11.0 Å². The molecule has 2 heterocycles. The van der Waals surface area contributed by atoms with Crippen molar-refractivity contribution in [3.63, 3.8) is 0 Å². The van der Waals surface area contributed by atoms with Gasteiger partial charge in [-0.05, 0) is 29.8 Å². The van der Waals surface area contributed by atoms with Crippen molar-refractivity contribution in [3.05, 3.63) is 77.1 Å². The van der Waals surface area contributed by atoms with Crippen molar-refractivity contribution in [1.29, 1.82) is 0 Å². The summed E-state index contributed by atoms with van der Waals surface area (Å²) >= 11 is 1.27. The molecule has 0 spiro atoms. The van der Waals surface area contributed by atoms with Gasteiger partial charge in [0.2, 0.25) is 0 Å². The number of aromatic nitrogens is 3. The quantitative estimate of drug-likeness (QED) is 0.491. The Hall–Kier alpha value is -3.53. The first kappa shape index (κ1) is 19.8. The average molecular weight is 430 g/mol. The van der Waals surface area contributed by atoms with Crippen molar-refractivity contribution in [2.45, 2.75) is 12.8 Å². The molecule has 2 aromatic heterocycles. The molecule has 0 saturated heterocycles. The summed E-state index contributed by atoms with van der Waals surface area (Å²) in [6.07, 6.45) is -1.26. The number of amides is 1. The van der Waals surface area contributed by atoms with Crippen LogP contribution in [0.5, 0.6) is 5.75 Å². The van der Waals surface area contributed by atoms with Crippen molar-refractivity contribution in [3.8, 4) is 5.75 Å². The van der Waals surface area contributed by atoms with Crippen molar-refractivity contribution in [1.82, 2.24) is 15.0 Å². The second-order valence-electron chi connectivity index (χ2n) is 6.20. The van der Waals surface area contributed by atoms with E-state index in [1.165, 1.54) is 29.7 Å². The first-order valence-corrected chi connectivity index (χ1v) is 9.50. The van der Waals surface area contributed by atoms with Crippen molar-refractivity contribution in [2.24, 2.45) is 0 Å². The Labute approximate surface area is 172 Å². The second-order valence-corrected chi connectivity index (χ2v) is 7.31. The first-order chi connectivity index (χ1) is 14.4. The van der Waals surface area contributed by atoms with E-state index < -0.39 is 12.3 Å². The Kier molecular flexibility index (Phi) is 5.32. The number of anilines is 1. The Morgan fingerprint density at radius 3 is 2.47 bits per heavy atom. The van der Waals surface area contributed by atoms with E-state index in [0.717, 1.165) is 10.4 Å². The molecule has 4 rings (SSSR count). The maximum absolute atomic E-state index is 12.4. The molecule has 0 atom stereocenters. The van der Waals surface area contributed by atoms with Crippen LogP contribution in [-0.2, 0) is 6.42 Å². The molecule has 0 aliphatic carbocycles. The summed E-state index contributed by atoms with van der Waals surface area (Å²) in [7, 11) is 0. The highest BCUT2D eigenvalue weighted by Gasteiger charge is 2.30. The Bertz CT molecular complexity index is 1190. The molecule has 10 heteroatoms. The van der Waals surface area contributed by atoms with Crippen LogP contribution in [0.3, 0.4) is 0 Å². The van der Waals surface area contributed by atoms with E-state index in [4.69, 9.17) is 0 Å². The normalized spacial score (nSPS) is 11.4. The topological polar surface area (TPSA) is 77.0 Å². The number of carbonyl (C=O) groups excluding carboxylic acids is 1. The highest BCUT2D eigenvalue weighted by atomic mass is 32.1. The number of fused-ring (bicyclic) bond motifs is 1. The van der Waals surface area contributed by atoms with E-state index in [2.05, 4.69) is 25.0 Å². The molecule has 1 amide bonds. The number of thiazole rings is 1. The van der Waals surface area contributed by atoms with Crippen LogP contribution < -0.4 is 10.1 Å². The van der Waals surface area contributed by atoms with Crippen molar-refractivity contribution in [2.75, 3.05) is 5.32 Å². The molecule has 30 heavy (non-hydrogen) atoms. The third kappa shape index (κ3) is 4.90. The van der Waals surface area contributed by atoms with Crippen LogP contribution in [-0.4, -0.2) is 27.2 Å². The summed E-state index contributed by atoms with van der Waals surface area (Å²) in [6, 6.07) is 12.8. The molecule has 6 nitrogen and oxygen atoms in total. The molecule has 4 aromatic rings. The molecule has 0 aliphatic rings. The summed E-state index contributed by atoms with van der Waals surface area (Å²) < 4.78 is 40.5. The molecule has 0 radical (unpaired) electrons. The van der Waals surface area contributed by atoms with E-state index in [0.29, 0.717) is 22.6 Å². The Morgan fingerprint density at radius 1 is 1.00 bits per heavy atom. The molecule has 0 saturated carbocycles. The minimum absolute atomic E-state index is 0.172. The zero-order valence-corrected chi connectivity index (χ0v) is 16.0. The molecular formula is C20H13F3N4O2S. The molecule has 0 unspecified atom stereocenters. The van der Waals surface area contributed by atoms with Crippen molar-refractivity contribution >= 4 is 33.4 Å². The van der Waals surface area contributed by atoms with Crippen LogP contribution in [0.2, 0.25) is 0 Å². The molecule has 152 valence electrons. The number of carbonyl (C=O) groups is 1.